The fraction of sp³-hybridized carbons (Fsp3) is 0.538. The third-order valence-electron chi connectivity index (χ3n) is 3.15. The molecule has 0 aliphatic carbocycles. The zero-order chi connectivity index (χ0) is 13.5. The summed E-state index contributed by atoms with van der Waals surface area (Å²) < 4.78 is 0. The molecular weight excluding hydrogens is 252 g/mol. The van der Waals surface area contributed by atoms with Crippen molar-refractivity contribution >= 4 is 17.3 Å². The van der Waals surface area contributed by atoms with Gasteiger partial charge in [-0.25, -0.2) is 0 Å². The number of halogens is 1. The molecule has 0 unspecified atom stereocenters. The summed E-state index contributed by atoms with van der Waals surface area (Å²) in [6, 6.07) is 4.79. The van der Waals surface area contributed by atoms with Crippen LogP contribution in [0.2, 0.25) is 5.02 Å². The van der Waals surface area contributed by atoms with Crippen molar-refractivity contribution in [3.63, 3.8) is 0 Å². The topological polar surface area (TPSA) is 55.2 Å². The average molecular weight is 271 g/mol. The van der Waals surface area contributed by atoms with Crippen LogP contribution in [-0.4, -0.2) is 11.5 Å². The van der Waals surface area contributed by atoms with Gasteiger partial charge in [-0.15, -0.1) is 0 Å². The van der Waals surface area contributed by atoms with Crippen LogP contribution in [0.3, 0.4) is 0 Å². The highest BCUT2D eigenvalue weighted by Gasteiger charge is 2.14. The van der Waals surface area contributed by atoms with Crippen LogP contribution in [0, 0.1) is 16.0 Å². The quantitative estimate of drug-likeness (QED) is 0.606. The second-order valence-corrected chi connectivity index (χ2v) is 4.78. The molecule has 0 aliphatic heterocycles. The van der Waals surface area contributed by atoms with E-state index in [0.29, 0.717) is 23.0 Å². The minimum atomic E-state index is -0.389. The Morgan fingerprint density at radius 3 is 2.61 bits per heavy atom. The van der Waals surface area contributed by atoms with E-state index in [9.17, 15) is 10.1 Å². The van der Waals surface area contributed by atoms with E-state index in [-0.39, 0.29) is 10.6 Å². The molecule has 1 aromatic carbocycles. The van der Waals surface area contributed by atoms with E-state index >= 15 is 0 Å². The Morgan fingerprint density at radius 1 is 1.39 bits per heavy atom. The third kappa shape index (κ3) is 4.27. The Kier molecular flexibility index (Phi) is 6.09. The maximum absolute atomic E-state index is 10.9. The summed E-state index contributed by atoms with van der Waals surface area (Å²) in [4.78, 5) is 10.5. The highest BCUT2D eigenvalue weighted by Crippen LogP contribution is 2.23. The monoisotopic (exact) mass is 270 g/mol. The first-order chi connectivity index (χ1) is 8.58. The fourth-order valence-electron chi connectivity index (χ4n) is 1.84. The average Bonchev–Trinajstić information content (AvgIpc) is 2.36. The Labute approximate surface area is 112 Å². The number of rotatable bonds is 7. The van der Waals surface area contributed by atoms with Gasteiger partial charge in [0.15, 0.2) is 0 Å². The van der Waals surface area contributed by atoms with E-state index in [0.717, 1.165) is 19.4 Å². The molecule has 0 atom stereocenters. The van der Waals surface area contributed by atoms with Crippen LogP contribution in [0.5, 0.6) is 0 Å². The summed E-state index contributed by atoms with van der Waals surface area (Å²) in [7, 11) is 0. The van der Waals surface area contributed by atoms with E-state index in [2.05, 4.69) is 19.2 Å². The molecule has 0 amide bonds. The number of nitrogens with zero attached hydrogens (tertiary/aromatic N) is 1. The summed E-state index contributed by atoms with van der Waals surface area (Å²) >= 11 is 5.77. The number of hydrogen-bond acceptors (Lipinski definition) is 3. The standard InChI is InChI=1S/C13H19ClN2O2/c1-3-10(4-2)8-15-9-11-5-6-12(14)7-13(11)16(17)18/h5-7,10,15H,3-4,8-9H2,1-2H3. The minimum absolute atomic E-state index is 0.0829. The second kappa shape index (κ2) is 7.34. The Morgan fingerprint density at radius 2 is 2.06 bits per heavy atom. The SMILES string of the molecule is CCC(CC)CNCc1ccc(Cl)cc1[N+](=O)[O-]. The second-order valence-electron chi connectivity index (χ2n) is 4.34. The summed E-state index contributed by atoms with van der Waals surface area (Å²) in [6.45, 7) is 5.69. The molecule has 0 fully saturated rings. The molecular formula is C13H19ClN2O2. The van der Waals surface area contributed by atoms with Crippen LogP contribution in [-0.2, 0) is 6.54 Å². The lowest BCUT2D eigenvalue weighted by Crippen LogP contribution is -2.22. The molecule has 1 N–H and O–H groups in total. The van der Waals surface area contributed by atoms with Gasteiger partial charge in [-0.3, -0.25) is 10.1 Å². The van der Waals surface area contributed by atoms with Crippen molar-refractivity contribution in [1.82, 2.24) is 5.32 Å². The van der Waals surface area contributed by atoms with Crippen LogP contribution in [0.1, 0.15) is 32.3 Å². The lowest BCUT2D eigenvalue weighted by molar-refractivity contribution is -0.385. The summed E-state index contributed by atoms with van der Waals surface area (Å²) in [5.74, 6) is 0.622. The number of nitrogens with one attached hydrogen (secondary N) is 1. The fourth-order valence-corrected chi connectivity index (χ4v) is 2.01. The molecule has 0 spiro atoms. The van der Waals surface area contributed by atoms with Crippen LogP contribution >= 0.6 is 11.6 Å². The zero-order valence-electron chi connectivity index (χ0n) is 10.8. The third-order valence-corrected chi connectivity index (χ3v) is 3.38. The highest BCUT2D eigenvalue weighted by atomic mass is 35.5. The van der Waals surface area contributed by atoms with Crippen molar-refractivity contribution in [3.8, 4) is 0 Å². The van der Waals surface area contributed by atoms with Crippen molar-refractivity contribution in [2.75, 3.05) is 6.54 Å². The Hall–Kier alpha value is -1.13. The van der Waals surface area contributed by atoms with E-state index in [4.69, 9.17) is 11.6 Å². The van der Waals surface area contributed by atoms with Crippen LogP contribution in [0.25, 0.3) is 0 Å². The van der Waals surface area contributed by atoms with Gasteiger partial charge in [0.25, 0.3) is 5.69 Å². The van der Waals surface area contributed by atoms with Crippen LogP contribution in [0.4, 0.5) is 5.69 Å². The molecule has 4 nitrogen and oxygen atoms in total. The molecule has 100 valence electrons. The van der Waals surface area contributed by atoms with Crippen molar-refractivity contribution in [1.29, 1.82) is 0 Å². The Balaban J connectivity index is 2.64. The highest BCUT2D eigenvalue weighted by molar-refractivity contribution is 6.30. The van der Waals surface area contributed by atoms with Crippen LogP contribution in [0.15, 0.2) is 18.2 Å². The van der Waals surface area contributed by atoms with Gasteiger partial charge in [0, 0.05) is 23.2 Å². The van der Waals surface area contributed by atoms with Gasteiger partial charge in [-0.1, -0.05) is 38.3 Å². The predicted octanol–water partition coefficient (Wildman–Crippen LogP) is 3.77. The maximum atomic E-state index is 10.9. The predicted molar refractivity (Wildman–Crippen MR) is 73.9 cm³/mol. The number of benzene rings is 1. The number of nitro groups is 1. The van der Waals surface area contributed by atoms with Gasteiger partial charge in [0.2, 0.25) is 0 Å². The van der Waals surface area contributed by atoms with Crippen molar-refractivity contribution in [2.24, 2.45) is 5.92 Å². The molecule has 0 heterocycles. The number of nitro benzene ring substituents is 1. The smallest absolute Gasteiger partial charge is 0.275 e. The van der Waals surface area contributed by atoms with Crippen molar-refractivity contribution in [3.05, 3.63) is 38.9 Å². The lowest BCUT2D eigenvalue weighted by Gasteiger charge is -2.13. The van der Waals surface area contributed by atoms with Crippen molar-refractivity contribution < 1.29 is 4.92 Å². The largest absolute Gasteiger partial charge is 0.312 e. The zero-order valence-corrected chi connectivity index (χ0v) is 11.5. The van der Waals surface area contributed by atoms with Crippen LogP contribution < -0.4 is 5.32 Å². The van der Waals surface area contributed by atoms with E-state index in [1.165, 1.54) is 6.07 Å². The summed E-state index contributed by atoms with van der Waals surface area (Å²) in [6.07, 6.45) is 2.23. The molecule has 1 aromatic rings. The Bertz CT molecular complexity index is 406. The maximum Gasteiger partial charge on any atom is 0.275 e. The minimum Gasteiger partial charge on any atom is -0.312 e. The lowest BCUT2D eigenvalue weighted by atomic mass is 10.0. The van der Waals surface area contributed by atoms with E-state index in [1.54, 1.807) is 12.1 Å². The molecule has 0 saturated heterocycles. The summed E-state index contributed by atoms with van der Waals surface area (Å²) in [5.41, 5.74) is 0.759. The van der Waals surface area contributed by atoms with Gasteiger partial charge < -0.3 is 5.32 Å². The molecule has 0 saturated carbocycles. The summed E-state index contributed by atoms with van der Waals surface area (Å²) in [5, 5.41) is 14.6. The molecule has 0 aliphatic rings. The van der Waals surface area contributed by atoms with E-state index in [1.807, 2.05) is 0 Å². The molecule has 18 heavy (non-hydrogen) atoms. The molecule has 0 aromatic heterocycles. The van der Waals surface area contributed by atoms with Gasteiger partial charge in [0.05, 0.1) is 4.92 Å². The first kappa shape index (κ1) is 14.9. The molecule has 1 rings (SSSR count). The first-order valence-electron chi connectivity index (χ1n) is 6.22. The van der Waals surface area contributed by atoms with E-state index < -0.39 is 0 Å². The first-order valence-corrected chi connectivity index (χ1v) is 6.59. The van der Waals surface area contributed by atoms with Gasteiger partial charge in [-0.05, 0) is 24.6 Å². The molecule has 0 radical (unpaired) electrons. The normalized spacial score (nSPS) is 10.9. The van der Waals surface area contributed by atoms with Gasteiger partial charge in [0.1, 0.15) is 0 Å². The molecule has 0 bridgehead atoms. The van der Waals surface area contributed by atoms with Gasteiger partial charge >= 0.3 is 0 Å². The van der Waals surface area contributed by atoms with Crippen molar-refractivity contribution in [2.45, 2.75) is 33.2 Å². The number of hydrogen-bond donors (Lipinski definition) is 1. The molecule has 5 heteroatoms. The van der Waals surface area contributed by atoms with Gasteiger partial charge in [-0.2, -0.15) is 0 Å².